The van der Waals surface area contributed by atoms with Gasteiger partial charge in [-0.1, -0.05) is 0 Å². The van der Waals surface area contributed by atoms with E-state index in [1.54, 1.807) is 6.92 Å². The maximum atomic E-state index is 11.8. The van der Waals surface area contributed by atoms with Crippen molar-refractivity contribution in [2.75, 3.05) is 19.8 Å². The molecule has 1 atom stereocenters. The third kappa shape index (κ3) is 5.60. The summed E-state index contributed by atoms with van der Waals surface area (Å²) >= 11 is 0. The second-order valence-corrected chi connectivity index (χ2v) is 2.18. The zero-order chi connectivity index (χ0) is 8.69. The molecule has 0 bridgehead atoms. The lowest BCUT2D eigenvalue weighted by Crippen LogP contribution is -2.42. The van der Waals surface area contributed by atoms with Crippen LogP contribution in [0.2, 0.25) is 0 Å². The molecule has 0 aromatic heterocycles. The van der Waals surface area contributed by atoms with E-state index in [9.17, 15) is 9.18 Å². The van der Waals surface area contributed by atoms with Crippen LogP contribution in [0, 0.1) is 0 Å². The van der Waals surface area contributed by atoms with Gasteiger partial charge in [0.25, 0.3) is 0 Å². The van der Waals surface area contributed by atoms with E-state index in [1.807, 2.05) is 0 Å². The summed E-state index contributed by atoms with van der Waals surface area (Å²) in [4.78, 5) is 10.7. The predicted molar refractivity (Wildman–Crippen MR) is 39.1 cm³/mol. The number of aliphatic hydroxyl groups excluding tert-OH is 1. The molecule has 0 saturated carbocycles. The molecule has 0 aliphatic heterocycles. The average molecular weight is 164 g/mol. The molecular formula is C6H13FN2O2. The Morgan fingerprint density at radius 1 is 1.73 bits per heavy atom. The smallest absolute Gasteiger partial charge is 0.315 e. The number of rotatable bonds is 4. The Kier molecular flexibility index (Phi) is 5.46. The molecule has 0 aromatic carbocycles. The van der Waals surface area contributed by atoms with Crippen LogP contribution < -0.4 is 10.6 Å². The van der Waals surface area contributed by atoms with Crippen LogP contribution >= 0.6 is 0 Å². The van der Waals surface area contributed by atoms with Gasteiger partial charge >= 0.3 is 6.03 Å². The van der Waals surface area contributed by atoms with Crippen LogP contribution in [0.4, 0.5) is 9.18 Å². The molecule has 11 heavy (non-hydrogen) atoms. The van der Waals surface area contributed by atoms with E-state index in [-0.39, 0.29) is 13.2 Å². The third-order valence-electron chi connectivity index (χ3n) is 1.01. The van der Waals surface area contributed by atoms with Crippen molar-refractivity contribution in [3.8, 4) is 0 Å². The Morgan fingerprint density at radius 3 is 2.82 bits per heavy atom. The fourth-order valence-electron chi connectivity index (χ4n) is 0.483. The first-order valence-corrected chi connectivity index (χ1v) is 3.42. The second kappa shape index (κ2) is 5.91. The highest BCUT2D eigenvalue weighted by atomic mass is 19.1. The molecule has 0 aliphatic rings. The normalized spacial score (nSPS) is 12.3. The van der Waals surface area contributed by atoms with E-state index in [1.165, 1.54) is 0 Å². The molecule has 2 amide bonds. The number of carbonyl (C=O) groups excluding carboxylic acids is 1. The van der Waals surface area contributed by atoms with Gasteiger partial charge in [-0.05, 0) is 6.92 Å². The number of urea groups is 1. The Balaban J connectivity index is 3.36. The van der Waals surface area contributed by atoms with Crippen LogP contribution in [0.5, 0.6) is 0 Å². The molecule has 0 saturated heterocycles. The fraction of sp³-hybridized carbons (Fsp3) is 0.833. The Labute approximate surface area is 64.8 Å². The molecule has 0 heterocycles. The van der Waals surface area contributed by atoms with Crippen molar-refractivity contribution in [1.82, 2.24) is 10.6 Å². The standard InChI is InChI=1S/C6H13FN2O2/c1-5(4-7)9-6(11)8-2-3-10/h5,10H,2-4H2,1H3,(H2,8,9,11). The Hall–Kier alpha value is -0.840. The fourth-order valence-corrected chi connectivity index (χ4v) is 0.483. The van der Waals surface area contributed by atoms with Crippen molar-refractivity contribution in [1.29, 1.82) is 0 Å². The zero-order valence-electron chi connectivity index (χ0n) is 6.43. The van der Waals surface area contributed by atoms with Gasteiger partial charge in [0.1, 0.15) is 6.67 Å². The number of aliphatic hydroxyl groups is 1. The van der Waals surface area contributed by atoms with Gasteiger partial charge in [0.05, 0.1) is 12.6 Å². The maximum Gasteiger partial charge on any atom is 0.315 e. The molecular weight excluding hydrogens is 151 g/mol. The van der Waals surface area contributed by atoms with Gasteiger partial charge in [0.2, 0.25) is 0 Å². The van der Waals surface area contributed by atoms with Gasteiger partial charge in [-0.25, -0.2) is 9.18 Å². The first kappa shape index (κ1) is 10.2. The Bertz CT molecular complexity index is 121. The lowest BCUT2D eigenvalue weighted by atomic mass is 10.4. The lowest BCUT2D eigenvalue weighted by molar-refractivity contribution is 0.229. The summed E-state index contributed by atoms with van der Waals surface area (Å²) in [6.07, 6.45) is 0. The molecule has 0 spiro atoms. The number of hydrogen-bond acceptors (Lipinski definition) is 2. The molecule has 0 aromatic rings. The minimum Gasteiger partial charge on any atom is -0.395 e. The van der Waals surface area contributed by atoms with E-state index in [4.69, 9.17) is 5.11 Å². The SMILES string of the molecule is CC(CF)NC(=O)NCCO. The highest BCUT2D eigenvalue weighted by Crippen LogP contribution is 1.80. The number of alkyl halides is 1. The summed E-state index contributed by atoms with van der Waals surface area (Å²) < 4.78 is 11.8. The van der Waals surface area contributed by atoms with Crippen molar-refractivity contribution >= 4 is 6.03 Å². The van der Waals surface area contributed by atoms with Gasteiger partial charge in [0, 0.05) is 6.54 Å². The van der Waals surface area contributed by atoms with E-state index in [2.05, 4.69) is 10.6 Å². The number of hydrogen-bond donors (Lipinski definition) is 3. The second-order valence-electron chi connectivity index (χ2n) is 2.18. The lowest BCUT2D eigenvalue weighted by Gasteiger charge is -2.09. The third-order valence-corrected chi connectivity index (χ3v) is 1.01. The van der Waals surface area contributed by atoms with E-state index in [0.717, 1.165) is 0 Å². The van der Waals surface area contributed by atoms with E-state index < -0.39 is 18.7 Å². The van der Waals surface area contributed by atoms with Crippen molar-refractivity contribution in [3.63, 3.8) is 0 Å². The maximum absolute atomic E-state index is 11.8. The molecule has 4 nitrogen and oxygen atoms in total. The molecule has 5 heteroatoms. The van der Waals surface area contributed by atoms with Crippen molar-refractivity contribution < 1.29 is 14.3 Å². The summed E-state index contributed by atoms with van der Waals surface area (Å²) in [5, 5.41) is 12.9. The topological polar surface area (TPSA) is 61.4 Å². The summed E-state index contributed by atoms with van der Waals surface area (Å²) in [7, 11) is 0. The molecule has 0 radical (unpaired) electrons. The van der Waals surface area contributed by atoms with Crippen LogP contribution in [-0.2, 0) is 0 Å². The minimum atomic E-state index is -0.591. The van der Waals surface area contributed by atoms with Crippen LogP contribution in [0.25, 0.3) is 0 Å². The molecule has 66 valence electrons. The summed E-state index contributed by atoms with van der Waals surface area (Å²) in [5.74, 6) is 0. The van der Waals surface area contributed by atoms with Crippen molar-refractivity contribution in [2.24, 2.45) is 0 Å². The largest absolute Gasteiger partial charge is 0.395 e. The van der Waals surface area contributed by atoms with Gasteiger partial charge in [-0.2, -0.15) is 0 Å². The summed E-state index contributed by atoms with van der Waals surface area (Å²) in [6.45, 7) is 1.04. The highest BCUT2D eigenvalue weighted by molar-refractivity contribution is 5.74. The average Bonchev–Trinajstić information content (AvgIpc) is 2.00. The van der Waals surface area contributed by atoms with Crippen molar-refractivity contribution in [3.05, 3.63) is 0 Å². The highest BCUT2D eigenvalue weighted by Gasteiger charge is 2.04. The van der Waals surface area contributed by atoms with E-state index in [0.29, 0.717) is 0 Å². The first-order valence-electron chi connectivity index (χ1n) is 3.42. The minimum absolute atomic E-state index is 0.114. The number of halogens is 1. The van der Waals surface area contributed by atoms with Crippen LogP contribution in [0.3, 0.4) is 0 Å². The number of nitrogens with one attached hydrogen (secondary N) is 2. The van der Waals surface area contributed by atoms with Crippen LogP contribution in [-0.4, -0.2) is 37.0 Å². The van der Waals surface area contributed by atoms with Crippen molar-refractivity contribution in [2.45, 2.75) is 13.0 Å². The molecule has 3 N–H and O–H groups in total. The van der Waals surface area contributed by atoms with Gasteiger partial charge in [0.15, 0.2) is 0 Å². The summed E-state index contributed by atoms with van der Waals surface area (Å²) in [5.41, 5.74) is 0. The Morgan fingerprint density at radius 2 is 2.36 bits per heavy atom. The first-order chi connectivity index (χ1) is 5.20. The van der Waals surface area contributed by atoms with E-state index >= 15 is 0 Å². The number of amides is 2. The quantitative estimate of drug-likeness (QED) is 0.531. The zero-order valence-corrected chi connectivity index (χ0v) is 6.43. The molecule has 0 aliphatic carbocycles. The molecule has 1 unspecified atom stereocenters. The molecule has 0 fully saturated rings. The van der Waals surface area contributed by atoms with Gasteiger partial charge in [-0.3, -0.25) is 0 Å². The van der Waals surface area contributed by atoms with Gasteiger partial charge < -0.3 is 15.7 Å². The molecule has 0 rings (SSSR count). The number of carbonyl (C=O) groups is 1. The monoisotopic (exact) mass is 164 g/mol. The van der Waals surface area contributed by atoms with Crippen LogP contribution in [0.15, 0.2) is 0 Å². The summed E-state index contributed by atoms with van der Waals surface area (Å²) in [6, 6.07) is -0.933. The predicted octanol–water partition coefficient (Wildman–Crippen LogP) is -0.364. The van der Waals surface area contributed by atoms with Crippen LogP contribution in [0.1, 0.15) is 6.92 Å². The van der Waals surface area contributed by atoms with Gasteiger partial charge in [-0.15, -0.1) is 0 Å².